The van der Waals surface area contributed by atoms with Crippen molar-refractivity contribution in [3.05, 3.63) is 23.5 Å². The Balaban J connectivity index is 2.75. The van der Waals surface area contributed by atoms with Crippen molar-refractivity contribution in [1.82, 2.24) is 0 Å². The molecule has 0 fully saturated rings. The average molecular weight is 124 g/mol. The summed E-state index contributed by atoms with van der Waals surface area (Å²) >= 11 is 0. The molecule has 0 bridgehead atoms. The van der Waals surface area contributed by atoms with Crippen molar-refractivity contribution in [2.45, 2.75) is 13.3 Å². The molecule has 4 N–H and O–H groups in total. The Kier molecular flexibility index (Phi) is 1.47. The van der Waals surface area contributed by atoms with Gasteiger partial charge in [-0.15, -0.1) is 0 Å². The van der Waals surface area contributed by atoms with Crippen LogP contribution >= 0.6 is 0 Å². The van der Waals surface area contributed by atoms with Crippen LogP contribution in [0.3, 0.4) is 0 Å². The highest BCUT2D eigenvalue weighted by molar-refractivity contribution is 5.28. The number of hydrogen-bond donors (Lipinski definition) is 2. The molecule has 9 heavy (non-hydrogen) atoms. The largest absolute Gasteiger partial charge is 0.397 e. The van der Waals surface area contributed by atoms with Crippen LogP contribution in [-0.4, -0.2) is 0 Å². The summed E-state index contributed by atoms with van der Waals surface area (Å²) in [5, 5.41) is 0. The molecule has 0 saturated heterocycles. The third-order valence-electron chi connectivity index (χ3n) is 1.51. The molecule has 0 aromatic heterocycles. The second kappa shape index (κ2) is 2.13. The molecule has 0 saturated carbocycles. The zero-order valence-corrected chi connectivity index (χ0v) is 5.59. The molecule has 1 aliphatic carbocycles. The minimum atomic E-state index is 0.553. The first-order valence-corrected chi connectivity index (χ1v) is 3.13. The Labute approximate surface area is 55.2 Å². The van der Waals surface area contributed by atoms with E-state index in [4.69, 9.17) is 11.5 Å². The summed E-state index contributed by atoms with van der Waals surface area (Å²) in [6.07, 6.45) is 4.99. The molecular weight excluding hydrogens is 112 g/mol. The Bertz CT molecular complexity index is 168. The molecule has 1 aliphatic rings. The molecule has 0 amide bonds. The van der Waals surface area contributed by atoms with Gasteiger partial charge in [-0.3, -0.25) is 0 Å². The SMILES string of the molecule is CC1C=C(N)C(N)=CC1. The standard InChI is InChI=1S/C7H12N2/c1-5-2-3-6(8)7(9)4-5/h3-5H,2,8-9H2,1H3. The summed E-state index contributed by atoms with van der Waals surface area (Å²) in [4.78, 5) is 0. The van der Waals surface area contributed by atoms with Crippen LogP contribution < -0.4 is 11.5 Å². The van der Waals surface area contributed by atoms with Crippen molar-refractivity contribution in [1.29, 1.82) is 0 Å². The topological polar surface area (TPSA) is 52.0 Å². The van der Waals surface area contributed by atoms with Crippen molar-refractivity contribution in [2.75, 3.05) is 0 Å². The van der Waals surface area contributed by atoms with E-state index in [2.05, 4.69) is 6.92 Å². The predicted octanol–water partition coefficient (Wildman–Crippen LogP) is 0.711. The fourth-order valence-corrected chi connectivity index (χ4v) is 0.902. The molecule has 1 atom stereocenters. The molecule has 0 spiro atoms. The van der Waals surface area contributed by atoms with Crippen molar-refractivity contribution >= 4 is 0 Å². The molecule has 1 rings (SSSR count). The first-order chi connectivity index (χ1) is 4.20. The van der Waals surface area contributed by atoms with E-state index in [0.717, 1.165) is 17.8 Å². The number of rotatable bonds is 0. The smallest absolute Gasteiger partial charge is 0.0506 e. The zero-order valence-electron chi connectivity index (χ0n) is 5.59. The van der Waals surface area contributed by atoms with Gasteiger partial charge in [-0.1, -0.05) is 19.1 Å². The first kappa shape index (κ1) is 6.20. The highest BCUT2D eigenvalue weighted by Gasteiger charge is 2.05. The molecule has 1 unspecified atom stereocenters. The summed E-state index contributed by atoms with van der Waals surface area (Å²) in [7, 11) is 0. The fourth-order valence-electron chi connectivity index (χ4n) is 0.902. The molecule has 0 aliphatic heterocycles. The molecule has 0 aromatic rings. The van der Waals surface area contributed by atoms with Gasteiger partial charge in [0.15, 0.2) is 0 Å². The molecule has 50 valence electrons. The van der Waals surface area contributed by atoms with Crippen molar-refractivity contribution in [2.24, 2.45) is 17.4 Å². The van der Waals surface area contributed by atoms with Crippen molar-refractivity contribution < 1.29 is 0 Å². The van der Waals surface area contributed by atoms with Gasteiger partial charge < -0.3 is 11.5 Å². The molecule has 2 nitrogen and oxygen atoms in total. The van der Waals surface area contributed by atoms with Crippen LogP contribution in [0.15, 0.2) is 23.5 Å². The number of allylic oxidation sites excluding steroid dienone is 2. The Hall–Kier alpha value is -0.920. The van der Waals surface area contributed by atoms with Gasteiger partial charge >= 0.3 is 0 Å². The summed E-state index contributed by atoms with van der Waals surface area (Å²) in [5.74, 6) is 0.553. The van der Waals surface area contributed by atoms with E-state index in [1.807, 2.05) is 12.2 Å². The zero-order chi connectivity index (χ0) is 6.85. The van der Waals surface area contributed by atoms with E-state index in [1.54, 1.807) is 0 Å². The fraction of sp³-hybridized carbons (Fsp3) is 0.429. The Morgan fingerprint density at radius 1 is 1.44 bits per heavy atom. The summed E-state index contributed by atoms with van der Waals surface area (Å²) < 4.78 is 0. The third-order valence-corrected chi connectivity index (χ3v) is 1.51. The monoisotopic (exact) mass is 124 g/mol. The maximum atomic E-state index is 5.54. The van der Waals surface area contributed by atoms with Crippen LogP contribution in [0.4, 0.5) is 0 Å². The van der Waals surface area contributed by atoms with Gasteiger partial charge in [-0.2, -0.15) is 0 Å². The van der Waals surface area contributed by atoms with Gasteiger partial charge in [0.05, 0.1) is 11.4 Å². The summed E-state index contributed by atoms with van der Waals surface area (Å²) in [6, 6.07) is 0. The maximum absolute atomic E-state index is 5.54. The Morgan fingerprint density at radius 2 is 2.11 bits per heavy atom. The summed E-state index contributed by atoms with van der Waals surface area (Å²) in [5.41, 5.74) is 12.5. The molecule has 0 radical (unpaired) electrons. The van der Waals surface area contributed by atoms with Crippen molar-refractivity contribution in [3.63, 3.8) is 0 Å². The average Bonchev–Trinajstić information content (AvgIpc) is 1.80. The van der Waals surface area contributed by atoms with E-state index >= 15 is 0 Å². The van der Waals surface area contributed by atoms with E-state index in [0.29, 0.717) is 5.92 Å². The van der Waals surface area contributed by atoms with Gasteiger partial charge in [0, 0.05) is 0 Å². The van der Waals surface area contributed by atoms with Gasteiger partial charge in [0.25, 0.3) is 0 Å². The van der Waals surface area contributed by atoms with Crippen LogP contribution in [0.2, 0.25) is 0 Å². The first-order valence-electron chi connectivity index (χ1n) is 3.13. The van der Waals surface area contributed by atoms with Crippen LogP contribution in [0, 0.1) is 5.92 Å². The second-order valence-electron chi connectivity index (χ2n) is 2.49. The minimum Gasteiger partial charge on any atom is -0.397 e. The van der Waals surface area contributed by atoms with Gasteiger partial charge in [0.2, 0.25) is 0 Å². The third kappa shape index (κ3) is 1.25. The highest BCUT2D eigenvalue weighted by Crippen LogP contribution is 2.15. The Morgan fingerprint density at radius 3 is 2.56 bits per heavy atom. The van der Waals surface area contributed by atoms with Crippen molar-refractivity contribution in [3.8, 4) is 0 Å². The van der Waals surface area contributed by atoms with Crippen LogP contribution in [0.1, 0.15) is 13.3 Å². The van der Waals surface area contributed by atoms with E-state index in [9.17, 15) is 0 Å². The number of nitrogens with two attached hydrogens (primary N) is 2. The van der Waals surface area contributed by atoms with E-state index in [-0.39, 0.29) is 0 Å². The van der Waals surface area contributed by atoms with Gasteiger partial charge in [0.1, 0.15) is 0 Å². The van der Waals surface area contributed by atoms with E-state index < -0.39 is 0 Å². The number of hydrogen-bond acceptors (Lipinski definition) is 2. The quantitative estimate of drug-likeness (QED) is 0.499. The molecule has 0 aromatic carbocycles. The lowest BCUT2D eigenvalue weighted by atomic mass is 10.00. The van der Waals surface area contributed by atoms with Crippen LogP contribution in [-0.2, 0) is 0 Å². The van der Waals surface area contributed by atoms with Gasteiger partial charge in [-0.25, -0.2) is 0 Å². The normalized spacial score (nSPS) is 27.0. The summed E-state index contributed by atoms with van der Waals surface area (Å²) in [6.45, 7) is 2.12. The molecular formula is C7H12N2. The van der Waals surface area contributed by atoms with Crippen LogP contribution in [0.25, 0.3) is 0 Å². The van der Waals surface area contributed by atoms with Crippen LogP contribution in [0.5, 0.6) is 0 Å². The predicted molar refractivity (Wildman–Crippen MR) is 38.3 cm³/mol. The van der Waals surface area contributed by atoms with Gasteiger partial charge in [-0.05, 0) is 12.3 Å². The lowest BCUT2D eigenvalue weighted by Crippen LogP contribution is -2.14. The maximum Gasteiger partial charge on any atom is 0.0506 e. The second-order valence-corrected chi connectivity index (χ2v) is 2.49. The molecule has 2 heteroatoms. The molecule has 0 heterocycles. The lowest BCUT2D eigenvalue weighted by molar-refractivity contribution is 0.718. The highest BCUT2D eigenvalue weighted by atomic mass is 14.7. The van der Waals surface area contributed by atoms with E-state index in [1.165, 1.54) is 0 Å². The minimum absolute atomic E-state index is 0.553. The lowest BCUT2D eigenvalue weighted by Gasteiger charge is -2.12.